The van der Waals surface area contributed by atoms with Gasteiger partial charge >= 0.3 is 0 Å². The fourth-order valence-corrected chi connectivity index (χ4v) is 3.28. The molecule has 2 aromatic rings. The smallest absolute Gasteiger partial charge is 0.123 e. The lowest BCUT2D eigenvalue weighted by Gasteiger charge is -2.02. The van der Waals surface area contributed by atoms with Crippen LogP contribution in [0.5, 0.6) is 0 Å². The molecule has 2 rings (SSSR count). The van der Waals surface area contributed by atoms with Gasteiger partial charge in [-0.05, 0) is 47.1 Å². The first-order chi connectivity index (χ1) is 6.66. The third-order valence-corrected chi connectivity index (χ3v) is 4.79. The first-order valence-corrected chi connectivity index (χ1v) is 6.65. The molecule has 1 atom stereocenters. The van der Waals surface area contributed by atoms with Crippen LogP contribution in [0.3, 0.4) is 0 Å². The summed E-state index contributed by atoms with van der Waals surface area (Å²) in [5.74, 6) is 1.90. The normalized spacial score (nSPS) is 13.1. The van der Waals surface area contributed by atoms with Crippen molar-refractivity contribution in [3.8, 4) is 0 Å². The number of halogens is 2. The number of rotatable bonds is 2. The summed E-state index contributed by atoms with van der Waals surface area (Å²) in [6.07, 6.45) is 0. The Morgan fingerprint density at radius 3 is 2.57 bits per heavy atom. The van der Waals surface area contributed by atoms with Crippen molar-refractivity contribution in [1.29, 1.82) is 0 Å². The zero-order valence-electron chi connectivity index (χ0n) is 7.46. The number of alkyl halides is 1. The van der Waals surface area contributed by atoms with Crippen molar-refractivity contribution in [2.45, 2.75) is 11.8 Å². The van der Waals surface area contributed by atoms with Gasteiger partial charge in [0.2, 0.25) is 0 Å². The molecule has 0 spiro atoms. The SMILES string of the molecule is Cc1ccc(C(Br)c2ccc(Br)s2)o1. The Balaban J connectivity index is 2.28. The molecule has 4 heteroatoms. The number of hydrogen-bond acceptors (Lipinski definition) is 2. The number of aryl methyl sites for hydroxylation is 1. The highest BCUT2D eigenvalue weighted by atomic mass is 79.9. The second kappa shape index (κ2) is 4.21. The van der Waals surface area contributed by atoms with Crippen molar-refractivity contribution in [2.75, 3.05) is 0 Å². The summed E-state index contributed by atoms with van der Waals surface area (Å²) in [4.78, 5) is 1.40. The highest BCUT2D eigenvalue weighted by Crippen LogP contribution is 2.37. The lowest BCUT2D eigenvalue weighted by atomic mass is 10.3. The minimum Gasteiger partial charge on any atom is -0.465 e. The quantitative estimate of drug-likeness (QED) is 0.712. The van der Waals surface area contributed by atoms with E-state index in [1.807, 2.05) is 25.1 Å². The predicted molar refractivity (Wildman–Crippen MR) is 66.2 cm³/mol. The molecule has 0 saturated carbocycles. The van der Waals surface area contributed by atoms with Gasteiger partial charge in [-0.2, -0.15) is 0 Å². The van der Waals surface area contributed by atoms with Crippen molar-refractivity contribution in [1.82, 2.24) is 0 Å². The van der Waals surface area contributed by atoms with Gasteiger partial charge in [-0.25, -0.2) is 0 Å². The van der Waals surface area contributed by atoms with E-state index in [1.165, 1.54) is 4.88 Å². The predicted octanol–water partition coefficient (Wildman–Crippen LogP) is 4.90. The first kappa shape index (κ1) is 10.5. The number of furan rings is 1. The minimum absolute atomic E-state index is 0.160. The van der Waals surface area contributed by atoms with Gasteiger partial charge in [0.15, 0.2) is 0 Å². The van der Waals surface area contributed by atoms with E-state index in [1.54, 1.807) is 11.3 Å². The van der Waals surface area contributed by atoms with Crippen LogP contribution in [0, 0.1) is 6.92 Å². The maximum atomic E-state index is 5.55. The zero-order valence-corrected chi connectivity index (χ0v) is 11.4. The molecule has 0 bridgehead atoms. The van der Waals surface area contributed by atoms with Crippen LogP contribution >= 0.6 is 43.2 Å². The Bertz CT molecular complexity index is 393. The fraction of sp³-hybridized carbons (Fsp3) is 0.200. The van der Waals surface area contributed by atoms with Crippen LogP contribution < -0.4 is 0 Å². The van der Waals surface area contributed by atoms with Gasteiger partial charge in [0, 0.05) is 4.88 Å². The van der Waals surface area contributed by atoms with Crippen LogP contribution in [0.4, 0.5) is 0 Å². The maximum Gasteiger partial charge on any atom is 0.123 e. The molecule has 2 heterocycles. The molecule has 0 fully saturated rings. The molecular weight excluding hydrogens is 328 g/mol. The molecule has 14 heavy (non-hydrogen) atoms. The molecule has 0 aliphatic rings. The van der Waals surface area contributed by atoms with Crippen LogP contribution in [0.2, 0.25) is 0 Å². The number of thiophene rings is 1. The van der Waals surface area contributed by atoms with E-state index in [2.05, 4.69) is 37.9 Å². The average molecular weight is 336 g/mol. The van der Waals surface area contributed by atoms with E-state index in [0.29, 0.717) is 0 Å². The molecule has 0 aliphatic carbocycles. The standard InChI is InChI=1S/C10H8Br2OS/c1-6-2-3-7(13-6)10(12)8-4-5-9(11)14-8/h2-5,10H,1H3. The highest BCUT2D eigenvalue weighted by Gasteiger charge is 2.15. The van der Waals surface area contributed by atoms with Crippen LogP contribution in [-0.2, 0) is 0 Å². The molecule has 0 N–H and O–H groups in total. The zero-order chi connectivity index (χ0) is 10.1. The third-order valence-electron chi connectivity index (χ3n) is 1.85. The summed E-state index contributed by atoms with van der Waals surface area (Å²) < 4.78 is 6.69. The minimum atomic E-state index is 0.160. The molecule has 0 amide bonds. The third kappa shape index (κ3) is 2.12. The fourth-order valence-electron chi connectivity index (χ4n) is 1.19. The van der Waals surface area contributed by atoms with Gasteiger partial charge < -0.3 is 4.42 Å². The van der Waals surface area contributed by atoms with E-state index in [-0.39, 0.29) is 4.83 Å². The van der Waals surface area contributed by atoms with Gasteiger partial charge in [-0.15, -0.1) is 11.3 Å². The second-order valence-electron chi connectivity index (χ2n) is 2.95. The van der Waals surface area contributed by atoms with Gasteiger partial charge in [-0.3, -0.25) is 0 Å². The molecule has 0 aromatic carbocycles. The molecule has 0 aliphatic heterocycles. The van der Waals surface area contributed by atoms with Gasteiger partial charge in [-0.1, -0.05) is 15.9 Å². The summed E-state index contributed by atoms with van der Waals surface area (Å²) in [5.41, 5.74) is 0. The maximum absolute atomic E-state index is 5.55. The van der Waals surface area contributed by atoms with E-state index in [9.17, 15) is 0 Å². The van der Waals surface area contributed by atoms with Gasteiger partial charge in [0.1, 0.15) is 16.3 Å². The average Bonchev–Trinajstić information content (AvgIpc) is 2.73. The van der Waals surface area contributed by atoms with Crippen molar-refractivity contribution in [3.63, 3.8) is 0 Å². The van der Waals surface area contributed by atoms with Crippen LogP contribution in [0.15, 0.2) is 32.5 Å². The Labute approximate surface area is 103 Å². The van der Waals surface area contributed by atoms with Gasteiger partial charge in [0.05, 0.1) is 3.79 Å². The summed E-state index contributed by atoms with van der Waals surface area (Å²) in [5, 5.41) is 0. The first-order valence-electron chi connectivity index (χ1n) is 4.12. The molecule has 2 aromatic heterocycles. The molecule has 0 radical (unpaired) electrons. The van der Waals surface area contributed by atoms with E-state index in [4.69, 9.17) is 4.42 Å². The summed E-state index contributed by atoms with van der Waals surface area (Å²) in [7, 11) is 0. The van der Waals surface area contributed by atoms with Crippen molar-refractivity contribution >= 4 is 43.2 Å². The topological polar surface area (TPSA) is 13.1 Å². The lowest BCUT2D eigenvalue weighted by Crippen LogP contribution is -1.85. The van der Waals surface area contributed by atoms with Gasteiger partial charge in [0.25, 0.3) is 0 Å². The molecule has 74 valence electrons. The highest BCUT2D eigenvalue weighted by molar-refractivity contribution is 9.11. The van der Waals surface area contributed by atoms with Crippen molar-refractivity contribution in [3.05, 3.63) is 44.4 Å². The second-order valence-corrected chi connectivity index (χ2v) is 6.36. The Morgan fingerprint density at radius 2 is 2.07 bits per heavy atom. The monoisotopic (exact) mass is 334 g/mol. The summed E-state index contributed by atoms with van der Waals surface area (Å²) >= 11 is 8.77. The number of hydrogen-bond donors (Lipinski definition) is 0. The Morgan fingerprint density at radius 1 is 1.29 bits per heavy atom. The molecule has 1 nitrogen and oxygen atoms in total. The summed E-state index contributed by atoms with van der Waals surface area (Å²) in [6.45, 7) is 1.95. The van der Waals surface area contributed by atoms with Crippen molar-refractivity contribution < 1.29 is 4.42 Å². The molecular formula is C10H8Br2OS. The lowest BCUT2D eigenvalue weighted by molar-refractivity contribution is 0.493. The Kier molecular flexibility index (Phi) is 3.14. The Hall–Kier alpha value is -0.0600. The van der Waals surface area contributed by atoms with E-state index >= 15 is 0 Å². The van der Waals surface area contributed by atoms with Crippen LogP contribution in [0.1, 0.15) is 21.2 Å². The van der Waals surface area contributed by atoms with Crippen LogP contribution in [-0.4, -0.2) is 0 Å². The largest absolute Gasteiger partial charge is 0.465 e. The van der Waals surface area contributed by atoms with E-state index in [0.717, 1.165) is 15.3 Å². The van der Waals surface area contributed by atoms with E-state index < -0.39 is 0 Å². The van der Waals surface area contributed by atoms with Crippen molar-refractivity contribution in [2.24, 2.45) is 0 Å². The van der Waals surface area contributed by atoms with Crippen LogP contribution in [0.25, 0.3) is 0 Å². The molecule has 1 unspecified atom stereocenters. The molecule has 0 saturated heterocycles. The summed E-state index contributed by atoms with van der Waals surface area (Å²) in [6, 6.07) is 8.12.